The van der Waals surface area contributed by atoms with E-state index in [4.69, 9.17) is 4.74 Å². The molecular formula is C23H29NO5S. The van der Waals surface area contributed by atoms with Crippen LogP contribution in [0.2, 0.25) is 0 Å². The molecule has 1 heterocycles. The van der Waals surface area contributed by atoms with Crippen LogP contribution in [0.3, 0.4) is 0 Å². The topological polar surface area (TPSA) is 83.9 Å². The molecule has 7 heteroatoms. The van der Waals surface area contributed by atoms with Crippen molar-refractivity contribution in [2.75, 3.05) is 24.7 Å². The van der Waals surface area contributed by atoms with Gasteiger partial charge in [-0.3, -0.25) is 9.69 Å². The first-order valence-corrected chi connectivity index (χ1v) is 12.0. The van der Waals surface area contributed by atoms with Gasteiger partial charge in [0.1, 0.15) is 18.5 Å². The minimum Gasteiger partial charge on any atom is -0.491 e. The highest BCUT2D eigenvalue weighted by molar-refractivity contribution is 7.91. The number of ketones is 1. The lowest BCUT2D eigenvalue weighted by Gasteiger charge is -2.30. The lowest BCUT2D eigenvalue weighted by molar-refractivity contribution is 0.0524. The molecule has 2 aromatic carbocycles. The monoisotopic (exact) mass is 431 g/mol. The number of benzene rings is 2. The fraction of sp³-hybridized carbons (Fsp3) is 0.435. The van der Waals surface area contributed by atoms with Crippen LogP contribution in [0.25, 0.3) is 0 Å². The van der Waals surface area contributed by atoms with Crippen molar-refractivity contribution >= 4 is 15.6 Å². The van der Waals surface area contributed by atoms with Crippen molar-refractivity contribution in [2.24, 2.45) is 0 Å². The summed E-state index contributed by atoms with van der Waals surface area (Å²) in [5.74, 6) is 0.878. The minimum absolute atomic E-state index is 0.0140. The van der Waals surface area contributed by atoms with Crippen LogP contribution < -0.4 is 4.74 Å². The Morgan fingerprint density at radius 3 is 2.40 bits per heavy atom. The van der Waals surface area contributed by atoms with Crippen molar-refractivity contribution in [1.29, 1.82) is 0 Å². The summed E-state index contributed by atoms with van der Waals surface area (Å²) >= 11 is 0. The number of Topliss-reactive ketones (excluding diaryl/α,β-unsaturated/α-hetero) is 1. The molecule has 0 saturated carbocycles. The van der Waals surface area contributed by atoms with E-state index >= 15 is 0 Å². The summed E-state index contributed by atoms with van der Waals surface area (Å²) in [6.45, 7) is 4.51. The number of hydrogen-bond acceptors (Lipinski definition) is 6. The van der Waals surface area contributed by atoms with Crippen LogP contribution in [0, 0.1) is 6.92 Å². The van der Waals surface area contributed by atoms with Gasteiger partial charge in [-0.2, -0.15) is 0 Å². The zero-order chi connectivity index (χ0) is 21.7. The van der Waals surface area contributed by atoms with E-state index < -0.39 is 15.9 Å². The van der Waals surface area contributed by atoms with Crippen LogP contribution in [-0.2, 0) is 16.4 Å². The molecule has 1 N–H and O–H groups in total. The van der Waals surface area contributed by atoms with Gasteiger partial charge >= 0.3 is 0 Å². The fourth-order valence-electron chi connectivity index (χ4n) is 3.64. The Morgan fingerprint density at radius 2 is 1.83 bits per heavy atom. The van der Waals surface area contributed by atoms with Gasteiger partial charge in [-0.25, -0.2) is 8.42 Å². The third kappa shape index (κ3) is 6.39. The Hall–Kier alpha value is -2.22. The van der Waals surface area contributed by atoms with E-state index in [-0.39, 0.29) is 29.9 Å². The molecule has 2 aromatic rings. The lowest BCUT2D eigenvalue weighted by atomic mass is 10.1. The molecule has 2 unspecified atom stereocenters. The van der Waals surface area contributed by atoms with Crippen molar-refractivity contribution < 1.29 is 23.1 Å². The number of hydrogen-bond donors (Lipinski definition) is 1. The second-order valence-electron chi connectivity index (χ2n) is 8.02. The molecule has 1 fully saturated rings. The van der Waals surface area contributed by atoms with E-state index in [9.17, 15) is 18.3 Å². The van der Waals surface area contributed by atoms with Gasteiger partial charge in [-0.15, -0.1) is 0 Å². The van der Waals surface area contributed by atoms with Gasteiger partial charge in [0.2, 0.25) is 0 Å². The van der Waals surface area contributed by atoms with Crippen LogP contribution in [0.4, 0.5) is 0 Å². The summed E-state index contributed by atoms with van der Waals surface area (Å²) < 4.78 is 29.6. The van der Waals surface area contributed by atoms with E-state index in [0.717, 1.165) is 11.1 Å². The van der Waals surface area contributed by atoms with E-state index in [1.54, 1.807) is 24.3 Å². The number of aliphatic hydroxyl groups is 1. The molecule has 0 aliphatic carbocycles. The number of ether oxygens (including phenoxy) is 1. The second kappa shape index (κ2) is 9.73. The SMILES string of the molecule is CC(=O)c1ccc(OCC(O)CN(Cc2ccc(C)cc2)C2CCS(=O)(=O)C2)cc1. The Kier molecular flexibility index (Phi) is 7.28. The Bertz CT molecular complexity index is 954. The van der Waals surface area contributed by atoms with Gasteiger partial charge in [0.15, 0.2) is 15.6 Å². The first kappa shape index (κ1) is 22.5. The molecular weight excluding hydrogens is 402 g/mol. The lowest BCUT2D eigenvalue weighted by Crippen LogP contribution is -2.42. The van der Waals surface area contributed by atoms with Crippen LogP contribution in [0.15, 0.2) is 48.5 Å². The summed E-state index contributed by atoms with van der Waals surface area (Å²) in [5.41, 5.74) is 2.85. The normalized spacial score (nSPS) is 19.0. The molecule has 30 heavy (non-hydrogen) atoms. The van der Waals surface area contributed by atoms with E-state index in [0.29, 0.717) is 30.8 Å². The zero-order valence-corrected chi connectivity index (χ0v) is 18.3. The average Bonchev–Trinajstić information content (AvgIpc) is 3.07. The number of aryl methyl sites for hydroxylation is 1. The summed E-state index contributed by atoms with van der Waals surface area (Å²) in [6, 6.07) is 14.8. The summed E-state index contributed by atoms with van der Waals surface area (Å²) in [4.78, 5) is 13.4. The molecule has 0 spiro atoms. The highest BCUT2D eigenvalue weighted by Gasteiger charge is 2.33. The van der Waals surface area contributed by atoms with Gasteiger partial charge in [0.05, 0.1) is 11.5 Å². The molecule has 0 radical (unpaired) electrons. The Labute approximate surface area is 178 Å². The predicted molar refractivity (Wildman–Crippen MR) is 117 cm³/mol. The number of aliphatic hydroxyl groups excluding tert-OH is 1. The van der Waals surface area contributed by atoms with Crippen molar-refractivity contribution in [3.8, 4) is 5.75 Å². The standard InChI is InChI=1S/C23H29NO5S/c1-17-3-5-19(6-4-17)13-24(21-11-12-30(27,28)16-21)14-22(26)15-29-23-9-7-20(8-10-23)18(2)25/h3-10,21-22,26H,11-16H2,1-2H3. The van der Waals surface area contributed by atoms with Gasteiger partial charge in [0.25, 0.3) is 0 Å². The smallest absolute Gasteiger partial charge is 0.159 e. The van der Waals surface area contributed by atoms with E-state index in [1.165, 1.54) is 6.92 Å². The molecule has 2 atom stereocenters. The zero-order valence-electron chi connectivity index (χ0n) is 17.5. The number of carbonyl (C=O) groups excluding carboxylic acids is 1. The second-order valence-corrected chi connectivity index (χ2v) is 10.2. The number of nitrogens with zero attached hydrogens (tertiary/aromatic N) is 1. The highest BCUT2D eigenvalue weighted by Crippen LogP contribution is 2.21. The predicted octanol–water partition coefficient (Wildman–Crippen LogP) is 2.63. The third-order valence-corrected chi connectivity index (χ3v) is 7.13. The van der Waals surface area contributed by atoms with Crippen LogP contribution in [-0.4, -0.2) is 61.0 Å². The van der Waals surface area contributed by atoms with Gasteiger partial charge in [-0.05, 0) is 50.1 Å². The van der Waals surface area contributed by atoms with Crippen molar-refractivity contribution in [3.63, 3.8) is 0 Å². The number of rotatable bonds is 9. The molecule has 0 amide bonds. The molecule has 1 aliphatic rings. The van der Waals surface area contributed by atoms with Crippen molar-refractivity contribution in [1.82, 2.24) is 4.90 Å². The molecule has 1 saturated heterocycles. The van der Waals surface area contributed by atoms with E-state index in [2.05, 4.69) is 0 Å². The molecule has 1 aliphatic heterocycles. The summed E-state index contributed by atoms with van der Waals surface area (Å²) in [6.07, 6.45) is -0.194. The van der Waals surface area contributed by atoms with Crippen LogP contribution >= 0.6 is 0 Å². The quantitative estimate of drug-likeness (QED) is 0.615. The number of carbonyl (C=O) groups is 1. The minimum atomic E-state index is -3.02. The maximum absolute atomic E-state index is 12.0. The highest BCUT2D eigenvalue weighted by atomic mass is 32.2. The third-order valence-electron chi connectivity index (χ3n) is 5.38. The van der Waals surface area contributed by atoms with Crippen molar-refractivity contribution in [2.45, 2.75) is 39.0 Å². The molecule has 6 nitrogen and oxygen atoms in total. The molecule has 162 valence electrons. The molecule has 3 rings (SSSR count). The summed E-state index contributed by atoms with van der Waals surface area (Å²) in [7, 11) is -3.02. The van der Waals surface area contributed by atoms with Gasteiger partial charge in [0, 0.05) is 24.7 Å². The number of sulfone groups is 1. The maximum atomic E-state index is 12.0. The van der Waals surface area contributed by atoms with Gasteiger partial charge in [-0.1, -0.05) is 29.8 Å². The molecule has 0 aromatic heterocycles. The van der Waals surface area contributed by atoms with Crippen LogP contribution in [0.1, 0.15) is 34.8 Å². The molecule has 0 bridgehead atoms. The average molecular weight is 432 g/mol. The summed E-state index contributed by atoms with van der Waals surface area (Å²) in [5, 5.41) is 10.6. The van der Waals surface area contributed by atoms with Gasteiger partial charge < -0.3 is 9.84 Å². The Balaban J connectivity index is 1.62. The fourth-order valence-corrected chi connectivity index (χ4v) is 5.40. The Morgan fingerprint density at radius 1 is 1.17 bits per heavy atom. The largest absolute Gasteiger partial charge is 0.491 e. The first-order chi connectivity index (χ1) is 14.2. The van der Waals surface area contributed by atoms with Crippen molar-refractivity contribution in [3.05, 3.63) is 65.2 Å². The first-order valence-electron chi connectivity index (χ1n) is 10.1. The maximum Gasteiger partial charge on any atom is 0.159 e. The van der Waals surface area contributed by atoms with Crippen LogP contribution in [0.5, 0.6) is 5.75 Å². The van der Waals surface area contributed by atoms with E-state index in [1.807, 2.05) is 36.1 Å².